The number of carbonyl (C=O) groups excluding carboxylic acids is 2. The zero-order valence-corrected chi connectivity index (χ0v) is 11.2. The highest BCUT2D eigenvalue weighted by Gasteiger charge is 2.24. The van der Waals surface area contributed by atoms with Crippen LogP contribution in [0.2, 0.25) is 0 Å². The topological polar surface area (TPSA) is 58.6 Å². The molecule has 1 heterocycles. The lowest BCUT2D eigenvalue weighted by atomic mass is 10.1. The number of likely N-dealkylation sites (N-methyl/N-ethyl adjacent to an activating group) is 1. The van der Waals surface area contributed by atoms with E-state index in [2.05, 4.69) is 5.32 Å². The van der Waals surface area contributed by atoms with Crippen molar-refractivity contribution in [3.63, 3.8) is 0 Å². The smallest absolute Gasteiger partial charge is 0.270 e. The number of piperazine rings is 1. The number of hydrogen-bond acceptors (Lipinski definition) is 3. The first-order chi connectivity index (χ1) is 9.01. The van der Waals surface area contributed by atoms with Crippen LogP contribution in [0.3, 0.4) is 0 Å². The van der Waals surface area contributed by atoms with E-state index in [1.165, 1.54) is 4.90 Å². The number of carbonyl (C=O) groups is 2. The van der Waals surface area contributed by atoms with E-state index in [-0.39, 0.29) is 18.4 Å². The Balaban J connectivity index is 2.32. The summed E-state index contributed by atoms with van der Waals surface area (Å²) in [6.07, 6.45) is 1.67. The SMILES string of the molecule is COc1ccc(/C=C2\NC(=O)CN(C)C2=O)cc1C. The molecule has 0 bridgehead atoms. The van der Waals surface area contributed by atoms with Gasteiger partial charge in [0.25, 0.3) is 5.91 Å². The van der Waals surface area contributed by atoms with Crippen LogP contribution in [-0.2, 0) is 9.59 Å². The molecule has 1 fully saturated rings. The van der Waals surface area contributed by atoms with E-state index in [0.717, 1.165) is 16.9 Å². The fraction of sp³-hybridized carbons (Fsp3) is 0.286. The standard InChI is InChI=1S/C14H16N2O3/c1-9-6-10(4-5-12(9)19-3)7-11-14(18)16(2)8-13(17)15-11/h4-7H,8H2,1-3H3,(H,15,17)/b11-7-. The van der Waals surface area contributed by atoms with Crippen LogP contribution in [0.25, 0.3) is 6.08 Å². The molecule has 1 saturated heterocycles. The van der Waals surface area contributed by atoms with E-state index < -0.39 is 0 Å². The molecule has 1 N–H and O–H groups in total. The first-order valence-corrected chi connectivity index (χ1v) is 5.93. The summed E-state index contributed by atoms with van der Waals surface area (Å²) in [5.74, 6) is 0.421. The van der Waals surface area contributed by atoms with Crippen LogP contribution in [0.15, 0.2) is 23.9 Å². The fourth-order valence-corrected chi connectivity index (χ4v) is 1.99. The van der Waals surface area contributed by atoms with Gasteiger partial charge in [-0.2, -0.15) is 0 Å². The minimum Gasteiger partial charge on any atom is -0.496 e. The van der Waals surface area contributed by atoms with Gasteiger partial charge >= 0.3 is 0 Å². The lowest BCUT2D eigenvalue weighted by Gasteiger charge is -2.24. The van der Waals surface area contributed by atoms with Crippen molar-refractivity contribution in [2.75, 3.05) is 20.7 Å². The van der Waals surface area contributed by atoms with Gasteiger partial charge in [-0.3, -0.25) is 9.59 Å². The Bertz CT molecular complexity index is 564. The third-order valence-electron chi connectivity index (χ3n) is 2.96. The zero-order chi connectivity index (χ0) is 14.0. The van der Waals surface area contributed by atoms with Crippen molar-refractivity contribution in [1.82, 2.24) is 10.2 Å². The lowest BCUT2D eigenvalue weighted by molar-refractivity contribution is -0.135. The van der Waals surface area contributed by atoms with E-state index in [1.807, 2.05) is 25.1 Å². The van der Waals surface area contributed by atoms with E-state index in [1.54, 1.807) is 20.2 Å². The Labute approximate surface area is 111 Å². The number of amides is 2. The maximum absolute atomic E-state index is 11.9. The Hall–Kier alpha value is -2.30. The van der Waals surface area contributed by atoms with Crippen molar-refractivity contribution in [2.45, 2.75) is 6.92 Å². The molecule has 1 aromatic carbocycles. The molecule has 100 valence electrons. The van der Waals surface area contributed by atoms with Gasteiger partial charge in [-0.25, -0.2) is 0 Å². The molecule has 2 rings (SSSR count). The molecule has 5 nitrogen and oxygen atoms in total. The summed E-state index contributed by atoms with van der Waals surface area (Å²) in [5.41, 5.74) is 2.11. The van der Waals surface area contributed by atoms with Gasteiger partial charge in [-0.15, -0.1) is 0 Å². The van der Waals surface area contributed by atoms with Crippen LogP contribution < -0.4 is 10.1 Å². The van der Waals surface area contributed by atoms with Crippen LogP contribution in [0, 0.1) is 6.92 Å². The summed E-state index contributed by atoms with van der Waals surface area (Å²) in [6, 6.07) is 5.58. The Morgan fingerprint density at radius 1 is 1.37 bits per heavy atom. The van der Waals surface area contributed by atoms with Crippen LogP contribution in [0.4, 0.5) is 0 Å². The molecule has 0 spiro atoms. The van der Waals surface area contributed by atoms with Crippen LogP contribution in [-0.4, -0.2) is 37.4 Å². The predicted molar refractivity (Wildman–Crippen MR) is 71.5 cm³/mol. The second kappa shape index (κ2) is 5.14. The molecule has 0 radical (unpaired) electrons. The quantitative estimate of drug-likeness (QED) is 0.805. The highest BCUT2D eigenvalue weighted by atomic mass is 16.5. The molecule has 1 aliphatic rings. The molecular formula is C14H16N2O3. The maximum atomic E-state index is 11.9. The van der Waals surface area contributed by atoms with Crippen molar-refractivity contribution in [3.8, 4) is 5.75 Å². The average molecular weight is 260 g/mol. The molecule has 0 aliphatic carbocycles. The lowest BCUT2D eigenvalue weighted by Crippen LogP contribution is -2.47. The molecule has 0 unspecified atom stereocenters. The molecule has 1 aromatic rings. The summed E-state index contributed by atoms with van der Waals surface area (Å²) in [4.78, 5) is 24.7. The highest BCUT2D eigenvalue weighted by molar-refractivity contribution is 6.05. The summed E-state index contributed by atoms with van der Waals surface area (Å²) in [7, 11) is 3.22. The van der Waals surface area contributed by atoms with E-state index in [4.69, 9.17) is 4.74 Å². The van der Waals surface area contributed by atoms with Crippen LogP contribution >= 0.6 is 0 Å². The minimum atomic E-state index is -0.187. The monoisotopic (exact) mass is 260 g/mol. The van der Waals surface area contributed by atoms with Crippen LogP contribution in [0.1, 0.15) is 11.1 Å². The Kier molecular flexibility index (Phi) is 3.55. The Morgan fingerprint density at radius 3 is 2.74 bits per heavy atom. The predicted octanol–water partition coefficient (Wildman–Crippen LogP) is 0.933. The second-order valence-corrected chi connectivity index (χ2v) is 4.50. The maximum Gasteiger partial charge on any atom is 0.270 e. The molecule has 5 heteroatoms. The number of hydrogen-bond donors (Lipinski definition) is 1. The van der Waals surface area contributed by atoms with Gasteiger partial charge in [0.1, 0.15) is 11.4 Å². The molecule has 0 aromatic heterocycles. The van der Waals surface area contributed by atoms with Gasteiger partial charge in [-0.1, -0.05) is 6.07 Å². The van der Waals surface area contributed by atoms with Crippen molar-refractivity contribution in [1.29, 1.82) is 0 Å². The number of methoxy groups -OCH3 is 1. The van der Waals surface area contributed by atoms with Gasteiger partial charge in [0.05, 0.1) is 13.7 Å². The fourth-order valence-electron chi connectivity index (χ4n) is 1.99. The van der Waals surface area contributed by atoms with Gasteiger partial charge in [0.2, 0.25) is 5.91 Å². The Morgan fingerprint density at radius 2 is 2.11 bits per heavy atom. The largest absolute Gasteiger partial charge is 0.496 e. The molecule has 0 atom stereocenters. The normalized spacial score (nSPS) is 17.6. The first-order valence-electron chi connectivity index (χ1n) is 5.93. The van der Waals surface area contributed by atoms with E-state index in [0.29, 0.717) is 5.70 Å². The molecule has 2 amide bonds. The third kappa shape index (κ3) is 2.76. The average Bonchev–Trinajstić information content (AvgIpc) is 2.35. The van der Waals surface area contributed by atoms with Crippen LogP contribution in [0.5, 0.6) is 5.75 Å². The van der Waals surface area contributed by atoms with Gasteiger partial charge in [-0.05, 0) is 36.3 Å². The van der Waals surface area contributed by atoms with Crippen molar-refractivity contribution in [2.24, 2.45) is 0 Å². The summed E-state index contributed by atoms with van der Waals surface area (Å²) < 4.78 is 5.18. The number of rotatable bonds is 2. The second-order valence-electron chi connectivity index (χ2n) is 4.50. The van der Waals surface area contributed by atoms with Gasteiger partial charge in [0, 0.05) is 7.05 Å². The van der Waals surface area contributed by atoms with Crippen molar-refractivity contribution < 1.29 is 14.3 Å². The number of ether oxygens (including phenoxy) is 1. The summed E-state index contributed by atoms with van der Waals surface area (Å²) in [5, 5.41) is 2.59. The van der Waals surface area contributed by atoms with Gasteiger partial charge < -0.3 is 15.0 Å². The van der Waals surface area contributed by atoms with Gasteiger partial charge in [0.15, 0.2) is 0 Å². The molecule has 19 heavy (non-hydrogen) atoms. The minimum absolute atomic E-state index is 0.0951. The van der Waals surface area contributed by atoms with E-state index in [9.17, 15) is 9.59 Å². The summed E-state index contributed by atoms with van der Waals surface area (Å²) in [6.45, 7) is 2.02. The molecule has 0 saturated carbocycles. The van der Waals surface area contributed by atoms with E-state index >= 15 is 0 Å². The molecule has 1 aliphatic heterocycles. The highest BCUT2D eigenvalue weighted by Crippen LogP contribution is 2.20. The zero-order valence-electron chi connectivity index (χ0n) is 11.2. The number of benzene rings is 1. The first kappa shape index (κ1) is 13.1. The van der Waals surface area contributed by atoms with Crippen molar-refractivity contribution in [3.05, 3.63) is 35.0 Å². The number of nitrogens with one attached hydrogen (secondary N) is 1. The molecular weight excluding hydrogens is 244 g/mol. The summed E-state index contributed by atoms with van der Waals surface area (Å²) >= 11 is 0. The van der Waals surface area contributed by atoms with Crippen molar-refractivity contribution >= 4 is 17.9 Å². The number of nitrogens with zero attached hydrogens (tertiary/aromatic N) is 1. The number of aryl methyl sites for hydroxylation is 1. The third-order valence-corrected chi connectivity index (χ3v) is 2.96.